The summed E-state index contributed by atoms with van der Waals surface area (Å²) in [5, 5.41) is 9.34. The molecule has 0 unspecified atom stereocenters. The SMILES string of the molecule is C=CCn1c(SCc2ccoc2C(=O)OC)nnc1-c1ccccc1OC. The molecule has 0 amide bonds. The molecule has 0 atom stereocenters. The molecular formula is C19H19N3O4S. The van der Waals surface area contributed by atoms with Crippen molar-refractivity contribution in [3.05, 3.63) is 60.6 Å². The summed E-state index contributed by atoms with van der Waals surface area (Å²) in [4.78, 5) is 11.8. The largest absolute Gasteiger partial charge is 0.496 e. The highest BCUT2D eigenvalue weighted by Gasteiger charge is 2.19. The number of nitrogens with zero attached hydrogens (tertiary/aromatic N) is 3. The predicted octanol–water partition coefficient (Wildman–Crippen LogP) is 3.81. The van der Waals surface area contributed by atoms with Gasteiger partial charge in [0, 0.05) is 17.9 Å². The highest BCUT2D eigenvalue weighted by Crippen LogP contribution is 2.32. The number of rotatable bonds is 8. The molecule has 0 aliphatic rings. The Balaban J connectivity index is 1.89. The molecule has 1 aromatic carbocycles. The molecule has 7 nitrogen and oxygen atoms in total. The van der Waals surface area contributed by atoms with Crippen LogP contribution in [0.2, 0.25) is 0 Å². The number of furan rings is 1. The number of carbonyl (C=O) groups excluding carboxylic acids is 1. The molecule has 3 rings (SSSR count). The molecular weight excluding hydrogens is 366 g/mol. The minimum absolute atomic E-state index is 0.199. The first-order valence-electron chi connectivity index (χ1n) is 8.14. The third-order valence-electron chi connectivity index (χ3n) is 3.85. The molecule has 0 spiro atoms. The lowest BCUT2D eigenvalue weighted by Crippen LogP contribution is -2.03. The number of allylic oxidation sites excluding steroid dienone is 1. The van der Waals surface area contributed by atoms with Gasteiger partial charge in [-0.3, -0.25) is 4.57 Å². The van der Waals surface area contributed by atoms with Crippen molar-refractivity contribution < 1.29 is 18.7 Å². The van der Waals surface area contributed by atoms with Crippen molar-refractivity contribution in [2.24, 2.45) is 0 Å². The van der Waals surface area contributed by atoms with Gasteiger partial charge in [0.25, 0.3) is 0 Å². The molecule has 0 saturated carbocycles. The minimum atomic E-state index is -0.502. The number of ether oxygens (including phenoxy) is 2. The summed E-state index contributed by atoms with van der Waals surface area (Å²) in [5.74, 6) is 1.59. The Morgan fingerprint density at radius 1 is 1.30 bits per heavy atom. The Kier molecular flexibility index (Phi) is 5.97. The van der Waals surface area contributed by atoms with E-state index in [9.17, 15) is 4.79 Å². The summed E-state index contributed by atoms with van der Waals surface area (Å²) in [5.41, 5.74) is 1.58. The van der Waals surface area contributed by atoms with Crippen LogP contribution in [-0.4, -0.2) is 35.0 Å². The van der Waals surface area contributed by atoms with Gasteiger partial charge < -0.3 is 13.9 Å². The summed E-state index contributed by atoms with van der Waals surface area (Å²) >= 11 is 1.45. The maximum absolute atomic E-state index is 11.8. The van der Waals surface area contributed by atoms with Crippen LogP contribution in [0.3, 0.4) is 0 Å². The molecule has 0 aliphatic heterocycles. The third-order valence-corrected chi connectivity index (χ3v) is 4.87. The number of hydrogen-bond acceptors (Lipinski definition) is 7. The van der Waals surface area contributed by atoms with E-state index in [1.54, 1.807) is 19.3 Å². The first kappa shape index (κ1) is 18.8. The smallest absolute Gasteiger partial charge is 0.374 e. The zero-order valence-corrected chi connectivity index (χ0v) is 15.9. The van der Waals surface area contributed by atoms with Gasteiger partial charge in [0.15, 0.2) is 11.0 Å². The van der Waals surface area contributed by atoms with Crippen LogP contribution in [0.25, 0.3) is 11.4 Å². The zero-order valence-electron chi connectivity index (χ0n) is 15.0. The molecule has 3 aromatic rings. The van der Waals surface area contributed by atoms with Gasteiger partial charge in [0.2, 0.25) is 5.76 Å². The second kappa shape index (κ2) is 8.59. The molecule has 27 heavy (non-hydrogen) atoms. The number of esters is 1. The molecule has 0 saturated heterocycles. The molecule has 8 heteroatoms. The second-order valence-electron chi connectivity index (χ2n) is 5.46. The number of para-hydroxylation sites is 1. The van der Waals surface area contributed by atoms with Gasteiger partial charge in [-0.2, -0.15) is 0 Å². The summed E-state index contributed by atoms with van der Waals surface area (Å²) in [6.45, 7) is 4.36. The number of benzene rings is 1. The van der Waals surface area contributed by atoms with Crippen molar-refractivity contribution in [2.45, 2.75) is 17.5 Å². The first-order chi connectivity index (χ1) is 13.2. The molecule has 0 N–H and O–H groups in total. The third kappa shape index (κ3) is 3.90. The van der Waals surface area contributed by atoms with Gasteiger partial charge in [-0.05, 0) is 18.2 Å². The Bertz CT molecular complexity index is 948. The monoisotopic (exact) mass is 385 g/mol. The lowest BCUT2D eigenvalue weighted by molar-refractivity contribution is 0.0564. The Morgan fingerprint density at radius 3 is 2.85 bits per heavy atom. The number of carbonyl (C=O) groups is 1. The van der Waals surface area contributed by atoms with Crippen LogP contribution in [0.15, 0.2) is 58.8 Å². The van der Waals surface area contributed by atoms with E-state index in [2.05, 4.69) is 16.8 Å². The summed E-state index contributed by atoms with van der Waals surface area (Å²) in [7, 11) is 2.94. The summed E-state index contributed by atoms with van der Waals surface area (Å²) in [6.07, 6.45) is 3.25. The zero-order chi connectivity index (χ0) is 19.2. The standard InChI is InChI=1S/C19H19N3O4S/c1-4-10-22-17(14-7-5-6-8-15(14)24-2)20-21-19(22)27-12-13-9-11-26-16(13)18(23)25-3/h4-9,11H,1,10,12H2,2-3H3. The van der Waals surface area contributed by atoms with Crippen LogP contribution in [0.1, 0.15) is 16.1 Å². The molecule has 2 aromatic heterocycles. The van der Waals surface area contributed by atoms with Gasteiger partial charge in [-0.25, -0.2) is 4.79 Å². The first-order valence-corrected chi connectivity index (χ1v) is 9.13. The molecule has 0 fully saturated rings. The highest BCUT2D eigenvalue weighted by atomic mass is 32.2. The molecule has 140 valence electrons. The fourth-order valence-corrected chi connectivity index (χ4v) is 3.51. The normalized spacial score (nSPS) is 10.6. The van der Waals surface area contributed by atoms with Gasteiger partial charge >= 0.3 is 5.97 Å². The van der Waals surface area contributed by atoms with Crippen molar-refractivity contribution in [1.29, 1.82) is 0 Å². The van der Waals surface area contributed by atoms with Crippen LogP contribution in [-0.2, 0) is 17.0 Å². The summed E-state index contributed by atoms with van der Waals surface area (Å²) < 4.78 is 17.3. The Labute approximate surface area is 161 Å². The van der Waals surface area contributed by atoms with E-state index < -0.39 is 5.97 Å². The molecule has 0 radical (unpaired) electrons. The van der Waals surface area contributed by atoms with E-state index in [1.807, 2.05) is 28.8 Å². The van der Waals surface area contributed by atoms with Crippen LogP contribution >= 0.6 is 11.8 Å². The topological polar surface area (TPSA) is 79.4 Å². The molecule has 0 bridgehead atoms. The Morgan fingerprint density at radius 2 is 2.11 bits per heavy atom. The Hall–Kier alpha value is -3.00. The van der Waals surface area contributed by atoms with Gasteiger partial charge in [-0.1, -0.05) is 30.0 Å². The number of hydrogen-bond donors (Lipinski definition) is 0. The summed E-state index contributed by atoms with van der Waals surface area (Å²) in [6, 6.07) is 9.38. The maximum Gasteiger partial charge on any atom is 0.374 e. The van der Waals surface area contributed by atoms with Crippen molar-refractivity contribution >= 4 is 17.7 Å². The molecule has 2 heterocycles. The lowest BCUT2D eigenvalue weighted by atomic mass is 10.2. The van der Waals surface area contributed by atoms with E-state index in [1.165, 1.54) is 25.1 Å². The van der Waals surface area contributed by atoms with E-state index in [0.29, 0.717) is 23.3 Å². The van der Waals surface area contributed by atoms with Gasteiger partial charge in [0.1, 0.15) is 5.75 Å². The fraction of sp³-hybridized carbons (Fsp3) is 0.211. The quantitative estimate of drug-likeness (QED) is 0.331. The van der Waals surface area contributed by atoms with E-state index >= 15 is 0 Å². The van der Waals surface area contributed by atoms with Crippen molar-refractivity contribution in [3.8, 4) is 17.1 Å². The number of methoxy groups -OCH3 is 2. The van der Waals surface area contributed by atoms with Gasteiger partial charge in [0.05, 0.1) is 26.0 Å². The van der Waals surface area contributed by atoms with E-state index in [0.717, 1.165) is 16.9 Å². The molecule has 0 aliphatic carbocycles. The van der Waals surface area contributed by atoms with Crippen molar-refractivity contribution in [1.82, 2.24) is 14.8 Å². The van der Waals surface area contributed by atoms with Crippen LogP contribution in [0.5, 0.6) is 5.75 Å². The maximum atomic E-state index is 11.8. The van der Waals surface area contributed by atoms with Crippen LogP contribution in [0.4, 0.5) is 0 Å². The van der Waals surface area contributed by atoms with Crippen LogP contribution in [0, 0.1) is 0 Å². The highest BCUT2D eigenvalue weighted by molar-refractivity contribution is 7.98. The van der Waals surface area contributed by atoms with Crippen LogP contribution < -0.4 is 4.74 Å². The lowest BCUT2D eigenvalue weighted by Gasteiger charge is -2.10. The van der Waals surface area contributed by atoms with Crippen molar-refractivity contribution in [2.75, 3.05) is 14.2 Å². The number of thioether (sulfide) groups is 1. The second-order valence-corrected chi connectivity index (χ2v) is 6.40. The van der Waals surface area contributed by atoms with Crippen molar-refractivity contribution in [3.63, 3.8) is 0 Å². The van der Waals surface area contributed by atoms with E-state index in [4.69, 9.17) is 13.9 Å². The fourth-order valence-electron chi connectivity index (χ4n) is 2.58. The van der Waals surface area contributed by atoms with Gasteiger partial charge in [-0.15, -0.1) is 16.8 Å². The average molecular weight is 385 g/mol. The minimum Gasteiger partial charge on any atom is -0.496 e. The number of aromatic nitrogens is 3. The predicted molar refractivity (Wildman–Crippen MR) is 102 cm³/mol. The average Bonchev–Trinajstić information content (AvgIpc) is 3.33. The van der Waals surface area contributed by atoms with E-state index in [-0.39, 0.29) is 5.76 Å².